The molecule has 0 radical (unpaired) electrons. The monoisotopic (exact) mass is 502 g/mol. The van der Waals surface area contributed by atoms with Crippen molar-refractivity contribution >= 4 is 17.4 Å². The fraction of sp³-hybridized carbons (Fsp3) is 0.448. The van der Waals surface area contributed by atoms with Crippen LogP contribution in [0.15, 0.2) is 59.6 Å². The first-order valence-corrected chi connectivity index (χ1v) is 13.3. The molecule has 3 aliphatic rings. The van der Waals surface area contributed by atoms with Gasteiger partial charge in [-0.2, -0.15) is 0 Å². The third-order valence-corrected chi connectivity index (χ3v) is 7.48. The number of carbonyl (C=O) groups is 1. The Balaban J connectivity index is 1.45. The number of benzene rings is 1. The van der Waals surface area contributed by atoms with Crippen LogP contribution in [0.25, 0.3) is 5.70 Å². The van der Waals surface area contributed by atoms with Crippen LogP contribution in [0.5, 0.6) is 6.01 Å². The Hall–Kier alpha value is -3.52. The van der Waals surface area contributed by atoms with Gasteiger partial charge in [0.25, 0.3) is 0 Å². The van der Waals surface area contributed by atoms with Gasteiger partial charge in [0.2, 0.25) is 0 Å². The third kappa shape index (κ3) is 5.03. The van der Waals surface area contributed by atoms with Crippen LogP contribution in [-0.4, -0.2) is 46.2 Å². The first kappa shape index (κ1) is 25.1. The topological polar surface area (TPSA) is 83.4 Å². The molecule has 5 rings (SSSR count). The molecule has 8 nitrogen and oxygen atoms in total. The molecule has 1 fully saturated rings. The summed E-state index contributed by atoms with van der Waals surface area (Å²) in [7, 11) is 3.99. The highest BCUT2D eigenvalue weighted by Crippen LogP contribution is 2.50. The number of fused-ring (bicyclic) bond motifs is 1. The molecule has 3 N–H and O–H groups in total. The van der Waals surface area contributed by atoms with E-state index in [9.17, 15) is 4.79 Å². The quantitative estimate of drug-likeness (QED) is 0.477. The van der Waals surface area contributed by atoms with E-state index in [2.05, 4.69) is 50.1 Å². The molecule has 1 unspecified atom stereocenters. The zero-order chi connectivity index (χ0) is 26.1. The van der Waals surface area contributed by atoms with Crippen molar-refractivity contribution in [3.05, 3.63) is 70.9 Å². The molecule has 1 saturated carbocycles. The van der Waals surface area contributed by atoms with Gasteiger partial charge in [0, 0.05) is 60.4 Å². The number of nitrogens with zero attached hydrogens (tertiary/aromatic N) is 3. The molecule has 1 atom stereocenters. The van der Waals surface area contributed by atoms with Gasteiger partial charge >= 0.3 is 12.0 Å². The second kappa shape index (κ2) is 10.5. The van der Waals surface area contributed by atoms with E-state index in [1.807, 2.05) is 57.8 Å². The molecule has 2 heterocycles. The lowest BCUT2D eigenvalue weighted by molar-refractivity contribution is 0.230. The largest absolute Gasteiger partial charge is 0.426 e. The summed E-state index contributed by atoms with van der Waals surface area (Å²) in [5.41, 5.74) is 7.02. The summed E-state index contributed by atoms with van der Waals surface area (Å²) in [6.07, 6.45) is 10.8. The maximum atomic E-state index is 12.2. The number of aromatic nitrogens is 2. The summed E-state index contributed by atoms with van der Waals surface area (Å²) >= 11 is 0. The second-order valence-electron chi connectivity index (χ2n) is 10.5. The summed E-state index contributed by atoms with van der Waals surface area (Å²) in [5, 5.41) is 9.22. The highest BCUT2D eigenvalue weighted by Gasteiger charge is 2.42. The summed E-state index contributed by atoms with van der Waals surface area (Å²) in [5.74, 6) is 1.16. The van der Waals surface area contributed by atoms with Crippen LogP contribution < -0.4 is 20.7 Å². The fourth-order valence-corrected chi connectivity index (χ4v) is 5.31. The van der Waals surface area contributed by atoms with E-state index in [4.69, 9.17) is 4.74 Å². The normalized spacial score (nSPS) is 19.4. The number of hydrogen-bond acceptors (Lipinski definition) is 5. The molecule has 1 aromatic carbocycles. The van der Waals surface area contributed by atoms with Gasteiger partial charge in [-0.3, -0.25) is 0 Å². The minimum absolute atomic E-state index is 0.0866. The van der Waals surface area contributed by atoms with Gasteiger partial charge in [0.15, 0.2) is 0 Å². The smallest absolute Gasteiger partial charge is 0.319 e. The molecule has 196 valence electrons. The van der Waals surface area contributed by atoms with Crippen LogP contribution in [0.2, 0.25) is 0 Å². The Morgan fingerprint density at radius 1 is 1.22 bits per heavy atom. The number of aryl methyl sites for hydroxylation is 1. The number of allylic oxidation sites excluding steroid dienone is 3. The van der Waals surface area contributed by atoms with E-state index in [0.717, 1.165) is 30.1 Å². The number of ether oxygens (including phenoxy) is 1. The fourth-order valence-electron chi connectivity index (χ4n) is 5.31. The Kier molecular flexibility index (Phi) is 7.11. The molecule has 37 heavy (non-hydrogen) atoms. The van der Waals surface area contributed by atoms with Gasteiger partial charge in [0.05, 0.1) is 6.20 Å². The van der Waals surface area contributed by atoms with E-state index in [0.29, 0.717) is 18.0 Å². The molecule has 0 saturated heterocycles. The van der Waals surface area contributed by atoms with Gasteiger partial charge < -0.3 is 30.2 Å². The average Bonchev–Trinajstić information content (AvgIpc) is 3.30. The van der Waals surface area contributed by atoms with Crippen molar-refractivity contribution in [3.63, 3.8) is 0 Å². The van der Waals surface area contributed by atoms with E-state index in [-0.39, 0.29) is 12.1 Å². The highest BCUT2D eigenvalue weighted by molar-refractivity contribution is 5.89. The maximum absolute atomic E-state index is 12.2. The molecule has 1 aliphatic heterocycles. The number of rotatable bonds is 8. The molecule has 8 heteroatoms. The lowest BCUT2D eigenvalue weighted by atomic mass is 9.88. The van der Waals surface area contributed by atoms with Crippen molar-refractivity contribution in [2.45, 2.75) is 58.5 Å². The van der Waals surface area contributed by atoms with Crippen LogP contribution in [0.1, 0.15) is 50.8 Å². The standard InChI is InChI=1S/C29H38N6O2/c1-18(2)32-28(36)33-21-11-9-20(10-12-21)27-25(17-30-4)24-14-13-23(37-29-31-16-19(3)34(29)5)15-26(24)35(27)22-7-6-8-22/h9-13,15-16,18,22,24,30H,6-8,14,17H2,1-5H3,(H2,32,33,36). The van der Waals surface area contributed by atoms with Gasteiger partial charge in [-0.25, -0.2) is 9.78 Å². The number of urea groups is 1. The molecule has 2 amide bonds. The number of imidazole rings is 1. The number of nitrogens with one attached hydrogen (secondary N) is 3. The van der Waals surface area contributed by atoms with Gasteiger partial charge in [-0.1, -0.05) is 12.1 Å². The first-order valence-electron chi connectivity index (χ1n) is 13.3. The van der Waals surface area contributed by atoms with Crippen molar-refractivity contribution in [3.8, 4) is 6.01 Å². The lowest BCUT2D eigenvalue weighted by Crippen LogP contribution is -2.37. The minimum Gasteiger partial charge on any atom is -0.426 e. The highest BCUT2D eigenvalue weighted by atomic mass is 16.5. The van der Waals surface area contributed by atoms with E-state index in [1.54, 1.807) is 0 Å². The molecule has 0 spiro atoms. The van der Waals surface area contributed by atoms with Gasteiger partial charge in [0.1, 0.15) is 5.76 Å². The van der Waals surface area contributed by atoms with Crippen LogP contribution in [0.4, 0.5) is 10.5 Å². The van der Waals surface area contributed by atoms with Crippen LogP contribution in [0.3, 0.4) is 0 Å². The van der Waals surface area contributed by atoms with Crippen LogP contribution in [-0.2, 0) is 7.05 Å². The van der Waals surface area contributed by atoms with Crippen molar-refractivity contribution in [1.29, 1.82) is 0 Å². The summed E-state index contributed by atoms with van der Waals surface area (Å²) in [6.45, 7) is 6.74. The van der Waals surface area contributed by atoms with Crippen molar-refractivity contribution in [2.75, 3.05) is 18.9 Å². The van der Waals surface area contributed by atoms with E-state index < -0.39 is 0 Å². The molecular formula is C29H38N6O2. The summed E-state index contributed by atoms with van der Waals surface area (Å²) in [6, 6.07) is 9.23. The zero-order valence-electron chi connectivity index (χ0n) is 22.5. The molecule has 2 aliphatic carbocycles. The number of anilines is 1. The van der Waals surface area contributed by atoms with Crippen LogP contribution >= 0.6 is 0 Å². The van der Waals surface area contributed by atoms with Crippen molar-refractivity contribution < 1.29 is 9.53 Å². The number of hydrogen-bond donors (Lipinski definition) is 3. The minimum atomic E-state index is -0.188. The Bertz CT molecular complexity index is 1250. The molecule has 1 aromatic heterocycles. The van der Waals surface area contributed by atoms with E-state index in [1.165, 1.54) is 41.8 Å². The predicted octanol–water partition coefficient (Wildman–Crippen LogP) is 4.92. The van der Waals surface area contributed by atoms with Gasteiger partial charge in [-0.05, 0) is 82.8 Å². The number of likely N-dealkylation sites (N-methyl/N-ethyl adjacent to an activating group) is 1. The second-order valence-corrected chi connectivity index (χ2v) is 10.5. The Labute approximate surface area is 219 Å². The predicted molar refractivity (Wildman–Crippen MR) is 147 cm³/mol. The van der Waals surface area contributed by atoms with Crippen molar-refractivity contribution in [2.24, 2.45) is 13.0 Å². The van der Waals surface area contributed by atoms with Gasteiger partial charge in [-0.15, -0.1) is 0 Å². The van der Waals surface area contributed by atoms with E-state index >= 15 is 0 Å². The number of carbonyl (C=O) groups excluding carboxylic acids is 1. The SMILES string of the molecule is CNCC1=C(c2ccc(NC(=O)NC(C)C)cc2)N(C2CCC2)C2=CC(Oc3ncc(C)n3C)=CCC21. The summed E-state index contributed by atoms with van der Waals surface area (Å²) < 4.78 is 8.21. The Morgan fingerprint density at radius 3 is 2.57 bits per heavy atom. The molecule has 2 aromatic rings. The third-order valence-electron chi connectivity index (χ3n) is 7.48. The number of amides is 2. The van der Waals surface area contributed by atoms with Crippen molar-refractivity contribution in [1.82, 2.24) is 25.1 Å². The average molecular weight is 503 g/mol. The Morgan fingerprint density at radius 2 is 1.97 bits per heavy atom. The lowest BCUT2D eigenvalue weighted by Gasteiger charge is -2.40. The zero-order valence-corrected chi connectivity index (χ0v) is 22.5. The molecular weight excluding hydrogens is 464 g/mol. The van der Waals surface area contributed by atoms with Crippen LogP contribution in [0, 0.1) is 12.8 Å². The molecule has 0 bridgehead atoms. The maximum Gasteiger partial charge on any atom is 0.319 e. The summed E-state index contributed by atoms with van der Waals surface area (Å²) in [4.78, 5) is 19.2. The first-order chi connectivity index (χ1) is 17.9.